The molecule has 12 heteroatoms. The Morgan fingerprint density at radius 3 is 2.06 bits per heavy atom. The van der Waals surface area contributed by atoms with Crippen molar-refractivity contribution >= 4 is 47.4 Å². The molecule has 0 aromatic heterocycles. The Morgan fingerprint density at radius 2 is 1.49 bits per heavy atom. The van der Waals surface area contributed by atoms with E-state index in [1.54, 1.807) is 19.2 Å². The third-order valence-electron chi connectivity index (χ3n) is 9.79. The molecule has 0 saturated carbocycles. The first-order valence-electron chi connectivity index (χ1n) is 15.3. The molecule has 0 radical (unpaired) electrons. The quantitative estimate of drug-likeness (QED) is 0.256. The number of amides is 2. The maximum absolute atomic E-state index is 13.9. The minimum atomic E-state index is -0.747. The standard InChI is InChI=1S/C35H41Cl2N3O6.ClH/c1-43-26-7-5-6-25(20-26)35(33(38)42)12-15-39(16-13-35)14-10-34(24-8-9-27(36)28(37)21-24)11-17-40(22-34)32(41)23-18-29(44-2)31(46-4)30(19-23)45-3;/h5-9,18-21H,10-17,22H2,1-4H3,(H2,38,42);1H. The van der Waals surface area contributed by atoms with E-state index in [-0.39, 0.29) is 29.6 Å². The summed E-state index contributed by atoms with van der Waals surface area (Å²) in [6, 6.07) is 16.8. The van der Waals surface area contributed by atoms with E-state index < -0.39 is 5.41 Å². The molecule has 47 heavy (non-hydrogen) atoms. The van der Waals surface area contributed by atoms with Crippen molar-refractivity contribution in [3.63, 3.8) is 0 Å². The molecule has 0 aliphatic carbocycles. The highest BCUT2D eigenvalue weighted by molar-refractivity contribution is 6.42. The fraction of sp³-hybridized carbons (Fsp3) is 0.429. The molecule has 2 fully saturated rings. The lowest BCUT2D eigenvalue weighted by Crippen LogP contribution is -2.50. The molecule has 2 saturated heterocycles. The van der Waals surface area contributed by atoms with Gasteiger partial charge < -0.3 is 34.5 Å². The first-order valence-corrected chi connectivity index (χ1v) is 16.1. The lowest BCUT2D eigenvalue weighted by molar-refractivity contribution is -0.125. The molecule has 2 aliphatic rings. The van der Waals surface area contributed by atoms with Crippen LogP contribution in [0.3, 0.4) is 0 Å². The van der Waals surface area contributed by atoms with E-state index in [0.29, 0.717) is 77.6 Å². The van der Waals surface area contributed by atoms with Gasteiger partial charge in [-0.3, -0.25) is 9.59 Å². The monoisotopic (exact) mass is 705 g/mol. The van der Waals surface area contributed by atoms with Crippen molar-refractivity contribution in [2.75, 3.05) is 61.2 Å². The third kappa shape index (κ3) is 7.23. The number of carbonyl (C=O) groups is 2. The zero-order chi connectivity index (χ0) is 33.1. The number of nitrogens with two attached hydrogens (primary N) is 1. The second kappa shape index (κ2) is 15.2. The molecule has 254 valence electrons. The Morgan fingerprint density at radius 1 is 0.809 bits per heavy atom. The van der Waals surface area contributed by atoms with Gasteiger partial charge in [-0.25, -0.2) is 0 Å². The average molecular weight is 707 g/mol. The fourth-order valence-corrected chi connectivity index (χ4v) is 7.27. The van der Waals surface area contributed by atoms with Gasteiger partial charge in [0, 0.05) is 24.1 Å². The maximum atomic E-state index is 13.9. The molecular weight excluding hydrogens is 665 g/mol. The van der Waals surface area contributed by atoms with Crippen molar-refractivity contribution in [2.24, 2.45) is 5.73 Å². The molecule has 2 N–H and O–H groups in total. The minimum Gasteiger partial charge on any atom is -0.497 e. The summed E-state index contributed by atoms with van der Waals surface area (Å²) < 4.78 is 21.9. The summed E-state index contributed by atoms with van der Waals surface area (Å²) in [5.41, 5.74) is 7.32. The van der Waals surface area contributed by atoms with Crippen LogP contribution in [0.15, 0.2) is 54.6 Å². The molecule has 0 spiro atoms. The number of nitrogens with zero attached hydrogens (tertiary/aromatic N) is 2. The summed E-state index contributed by atoms with van der Waals surface area (Å²) >= 11 is 12.8. The van der Waals surface area contributed by atoms with Gasteiger partial charge >= 0.3 is 0 Å². The highest BCUT2D eigenvalue weighted by Crippen LogP contribution is 2.43. The van der Waals surface area contributed by atoms with Crippen molar-refractivity contribution in [1.29, 1.82) is 0 Å². The predicted molar refractivity (Wildman–Crippen MR) is 186 cm³/mol. The van der Waals surface area contributed by atoms with Crippen molar-refractivity contribution < 1.29 is 28.5 Å². The van der Waals surface area contributed by atoms with Gasteiger partial charge in [-0.2, -0.15) is 0 Å². The summed E-state index contributed by atoms with van der Waals surface area (Å²) in [6.07, 6.45) is 2.76. The van der Waals surface area contributed by atoms with E-state index in [9.17, 15) is 9.59 Å². The minimum absolute atomic E-state index is 0. The lowest BCUT2D eigenvalue weighted by Gasteiger charge is -2.41. The Hall–Kier alpha value is -3.37. The summed E-state index contributed by atoms with van der Waals surface area (Å²) in [5, 5.41) is 0.968. The topological polar surface area (TPSA) is 104 Å². The van der Waals surface area contributed by atoms with E-state index in [1.165, 1.54) is 21.3 Å². The number of hydrogen-bond acceptors (Lipinski definition) is 7. The van der Waals surface area contributed by atoms with Crippen LogP contribution in [0.1, 0.15) is 47.2 Å². The Kier molecular flexibility index (Phi) is 11.8. The number of primary amides is 1. The van der Waals surface area contributed by atoms with E-state index >= 15 is 0 Å². The van der Waals surface area contributed by atoms with Crippen LogP contribution in [0.5, 0.6) is 23.0 Å². The maximum Gasteiger partial charge on any atom is 0.254 e. The molecule has 9 nitrogen and oxygen atoms in total. The van der Waals surface area contributed by atoms with Crippen molar-refractivity contribution in [3.8, 4) is 23.0 Å². The zero-order valence-electron chi connectivity index (χ0n) is 27.1. The van der Waals surface area contributed by atoms with Crippen LogP contribution in [-0.4, -0.2) is 82.8 Å². The molecular formula is C35H42Cl3N3O6. The molecule has 1 atom stereocenters. The molecule has 1 unspecified atom stereocenters. The SMILES string of the molecule is COc1cccc(C2(C(N)=O)CCN(CCC3(c4ccc(Cl)c(Cl)c4)CCN(C(=O)c4cc(OC)c(OC)c(OC)c4)C3)CC2)c1.Cl. The predicted octanol–water partition coefficient (Wildman–Crippen LogP) is 6.14. The highest BCUT2D eigenvalue weighted by Gasteiger charge is 2.44. The number of hydrogen-bond donors (Lipinski definition) is 1. The summed E-state index contributed by atoms with van der Waals surface area (Å²) in [5.74, 6) is 1.54. The van der Waals surface area contributed by atoms with E-state index in [1.807, 2.05) is 47.4 Å². The molecule has 2 heterocycles. The first kappa shape index (κ1) is 36.5. The largest absolute Gasteiger partial charge is 0.497 e. The second-order valence-electron chi connectivity index (χ2n) is 12.1. The molecule has 2 aliphatic heterocycles. The van der Waals surface area contributed by atoms with Crippen LogP contribution in [0, 0.1) is 0 Å². The van der Waals surface area contributed by atoms with Gasteiger partial charge in [0.1, 0.15) is 5.75 Å². The number of likely N-dealkylation sites (tertiary alicyclic amines) is 2. The number of carbonyl (C=O) groups excluding carboxylic acids is 2. The molecule has 3 aromatic carbocycles. The van der Waals surface area contributed by atoms with Crippen LogP contribution in [0.2, 0.25) is 10.0 Å². The van der Waals surface area contributed by atoms with Crippen LogP contribution < -0.4 is 24.7 Å². The van der Waals surface area contributed by atoms with Crippen LogP contribution in [-0.2, 0) is 15.6 Å². The highest BCUT2D eigenvalue weighted by atomic mass is 35.5. The van der Waals surface area contributed by atoms with Crippen molar-refractivity contribution in [1.82, 2.24) is 9.80 Å². The average Bonchev–Trinajstić information content (AvgIpc) is 3.53. The fourth-order valence-electron chi connectivity index (χ4n) is 6.97. The number of benzene rings is 3. The van der Waals surface area contributed by atoms with Crippen molar-refractivity contribution in [3.05, 3.63) is 81.3 Å². The second-order valence-corrected chi connectivity index (χ2v) is 12.9. The summed E-state index contributed by atoms with van der Waals surface area (Å²) in [4.78, 5) is 31.0. The van der Waals surface area contributed by atoms with Crippen LogP contribution in [0.25, 0.3) is 0 Å². The molecule has 0 bridgehead atoms. The number of piperidine rings is 1. The van der Waals surface area contributed by atoms with Gasteiger partial charge in [0.05, 0.1) is 43.9 Å². The Labute approximate surface area is 292 Å². The van der Waals surface area contributed by atoms with Crippen LogP contribution >= 0.6 is 35.6 Å². The number of ether oxygens (including phenoxy) is 4. The van der Waals surface area contributed by atoms with E-state index in [0.717, 1.165) is 30.5 Å². The normalized spacial score (nSPS) is 19.1. The van der Waals surface area contributed by atoms with Gasteiger partial charge in [0.25, 0.3) is 5.91 Å². The lowest BCUT2D eigenvalue weighted by atomic mass is 9.71. The van der Waals surface area contributed by atoms with Gasteiger partial charge in [0.2, 0.25) is 11.7 Å². The van der Waals surface area contributed by atoms with Crippen molar-refractivity contribution in [2.45, 2.75) is 36.5 Å². The first-order chi connectivity index (χ1) is 22.1. The summed E-state index contributed by atoms with van der Waals surface area (Å²) in [7, 11) is 6.21. The molecule has 3 aromatic rings. The third-order valence-corrected chi connectivity index (χ3v) is 10.5. The Balaban J connectivity index is 0.00000500. The molecule has 5 rings (SSSR count). The number of rotatable bonds is 11. The summed E-state index contributed by atoms with van der Waals surface area (Å²) in [6.45, 7) is 3.27. The van der Waals surface area contributed by atoms with Gasteiger partial charge in [0.15, 0.2) is 11.5 Å². The van der Waals surface area contributed by atoms with Gasteiger partial charge in [-0.05, 0) is 92.8 Å². The zero-order valence-corrected chi connectivity index (χ0v) is 29.5. The smallest absolute Gasteiger partial charge is 0.254 e. The molecule has 2 amide bonds. The van der Waals surface area contributed by atoms with Gasteiger partial charge in [-0.1, -0.05) is 41.4 Å². The van der Waals surface area contributed by atoms with E-state index in [2.05, 4.69) is 4.90 Å². The van der Waals surface area contributed by atoms with E-state index in [4.69, 9.17) is 47.9 Å². The Bertz CT molecular complexity index is 1570. The number of halogens is 3. The van der Waals surface area contributed by atoms with Gasteiger partial charge in [-0.15, -0.1) is 12.4 Å². The number of methoxy groups -OCH3 is 4. The van der Waals surface area contributed by atoms with Crippen LogP contribution in [0.4, 0.5) is 0 Å².